The minimum Gasteiger partial charge on any atom is -0.478 e. The van der Waals surface area contributed by atoms with Crippen molar-refractivity contribution in [2.75, 3.05) is 0 Å². The summed E-state index contributed by atoms with van der Waals surface area (Å²) in [7, 11) is 0. The normalized spacial score (nSPS) is 28.3. The van der Waals surface area contributed by atoms with E-state index in [-0.39, 0.29) is 0 Å². The quantitative estimate of drug-likeness (QED) is 0.931. The number of carboxylic acids is 1. The summed E-state index contributed by atoms with van der Waals surface area (Å²) in [6, 6.07) is 5.18. The largest absolute Gasteiger partial charge is 0.478 e. The number of rotatable bonds is 3. The number of nitrogens with zero attached hydrogens (tertiary/aromatic N) is 3. The molecule has 1 N–H and O–H groups in total. The van der Waals surface area contributed by atoms with Crippen molar-refractivity contribution in [3.63, 3.8) is 0 Å². The zero-order valence-corrected chi connectivity index (χ0v) is 11.2. The standard InChI is InChI=1S/C15H17N3O2/c19-15(20)12-2-1-3-13-14(12)18(17-16-13)8-11-7-9-4-5-10(11)6-9/h1-3,9-11H,4-8H2,(H,19,20). The number of fused-ring (bicyclic) bond motifs is 3. The fourth-order valence-corrected chi connectivity index (χ4v) is 4.15. The Balaban J connectivity index is 1.71. The molecule has 104 valence electrons. The molecule has 2 aliphatic rings. The van der Waals surface area contributed by atoms with Crippen molar-refractivity contribution in [3.8, 4) is 0 Å². The van der Waals surface area contributed by atoms with Crippen molar-refractivity contribution in [3.05, 3.63) is 23.8 Å². The van der Waals surface area contributed by atoms with Gasteiger partial charge in [-0.3, -0.25) is 0 Å². The van der Waals surface area contributed by atoms with Crippen molar-refractivity contribution < 1.29 is 9.90 Å². The fraction of sp³-hybridized carbons (Fsp3) is 0.533. The van der Waals surface area contributed by atoms with E-state index in [2.05, 4.69) is 10.3 Å². The second kappa shape index (κ2) is 4.30. The van der Waals surface area contributed by atoms with Crippen LogP contribution in [0.5, 0.6) is 0 Å². The van der Waals surface area contributed by atoms with Gasteiger partial charge < -0.3 is 5.11 Å². The Morgan fingerprint density at radius 1 is 1.35 bits per heavy atom. The Labute approximate surface area is 116 Å². The van der Waals surface area contributed by atoms with Crippen LogP contribution in [0.3, 0.4) is 0 Å². The SMILES string of the molecule is O=C(O)c1cccc2nnn(CC3CC4CCC3C4)c12. The van der Waals surface area contributed by atoms with E-state index in [4.69, 9.17) is 0 Å². The number of benzene rings is 1. The maximum Gasteiger partial charge on any atom is 0.337 e. The van der Waals surface area contributed by atoms with E-state index in [1.165, 1.54) is 25.7 Å². The third kappa shape index (κ3) is 1.72. The highest BCUT2D eigenvalue weighted by atomic mass is 16.4. The lowest BCUT2D eigenvalue weighted by molar-refractivity contribution is 0.0698. The highest BCUT2D eigenvalue weighted by Crippen LogP contribution is 2.48. The van der Waals surface area contributed by atoms with Gasteiger partial charge in [-0.15, -0.1) is 5.10 Å². The van der Waals surface area contributed by atoms with Crippen LogP contribution >= 0.6 is 0 Å². The lowest BCUT2D eigenvalue weighted by Crippen LogP contribution is -2.18. The van der Waals surface area contributed by atoms with Crippen LogP contribution in [0.25, 0.3) is 11.0 Å². The molecule has 3 unspecified atom stereocenters. The average molecular weight is 271 g/mol. The molecule has 0 amide bonds. The topological polar surface area (TPSA) is 68.0 Å². The molecule has 4 rings (SSSR count). The molecule has 0 saturated heterocycles. The zero-order chi connectivity index (χ0) is 13.7. The monoisotopic (exact) mass is 271 g/mol. The molecule has 2 aliphatic carbocycles. The van der Waals surface area contributed by atoms with Crippen molar-refractivity contribution in [1.82, 2.24) is 15.0 Å². The first-order valence-corrected chi connectivity index (χ1v) is 7.28. The maximum absolute atomic E-state index is 11.4. The molecule has 5 heteroatoms. The van der Waals surface area contributed by atoms with Gasteiger partial charge in [-0.05, 0) is 49.1 Å². The van der Waals surface area contributed by atoms with Gasteiger partial charge in [0.15, 0.2) is 0 Å². The predicted molar refractivity (Wildman–Crippen MR) is 73.4 cm³/mol. The summed E-state index contributed by atoms with van der Waals surface area (Å²) in [6.45, 7) is 0.807. The van der Waals surface area contributed by atoms with Gasteiger partial charge in [0, 0.05) is 6.54 Å². The van der Waals surface area contributed by atoms with Crippen LogP contribution in [0.4, 0.5) is 0 Å². The molecular weight excluding hydrogens is 254 g/mol. The molecular formula is C15H17N3O2. The molecule has 1 heterocycles. The summed E-state index contributed by atoms with van der Waals surface area (Å²) >= 11 is 0. The van der Waals surface area contributed by atoms with Gasteiger partial charge in [-0.2, -0.15) is 0 Å². The summed E-state index contributed by atoms with van der Waals surface area (Å²) in [6.07, 6.45) is 5.32. The third-order valence-corrected chi connectivity index (χ3v) is 5.06. The lowest BCUT2D eigenvalue weighted by Gasteiger charge is -2.21. The van der Waals surface area contributed by atoms with E-state index < -0.39 is 5.97 Å². The number of hydrogen-bond acceptors (Lipinski definition) is 3. The van der Waals surface area contributed by atoms with Gasteiger partial charge in [0.2, 0.25) is 0 Å². The number of carboxylic acid groups (broad SMARTS) is 1. The maximum atomic E-state index is 11.4. The predicted octanol–water partition coefficient (Wildman–Crippen LogP) is 2.57. The number of aromatic carboxylic acids is 1. The molecule has 2 aromatic rings. The van der Waals surface area contributed by atoms with E-state index in [1.807, 2.05) is 10.7 Å². The minimum atomic E-state index is -0.910. The summed E-state index contributed by atoms with van der Waals surface area (Å²) in [5.74, 6) is 1.42. The lowest BCUT2D eigenvalue weighted by atomic mass is 9.89. The second-order valence-corrected chi connectivity index (χ2v) is 6.18. The van der Waals surface area contributed by atoms with Crippen molar-refractivity contribution >= 4 is 17.0 Å². The first-order valence-electron chi connectivity index (χ1n) is 7.28. The third-order valence-electron chi connectivity index (χ3n) is 5.06. The van der Waals surface area contributed by atoms with Crippen LogP contribution in [0.15, 0.2) is 18.2 Å². The van der Waals surface area contributed by atoms with Crippen molar-refractivity contribution in [2.24, 2.45) is 17.8 Å². The molecule has 0 aliphatic heterocycles. The van der Waals surface area contributed by atoms with Crippen LogP contribution in [-0.2, 0) is 6.54 Å². The highest BCUT2D eigenvalue weighted by Gasteiger charge is 2.39. The average Bonchev–Trinajstić information content (AvgIpc) is 3.14. The highest BCUT2D eigenvalue weighted by molar-refractivity contribution is 6.00. The number of aromatic nitrogens is 3. The Hall–Kier alpha value is -1.91. The molecule has 20 heavy (non-hydrogen) atoms. The van der Waals surface area contributed by atoms with Crippen LogP contribution in [-0.4, -0.2) is 26.1 Å². The van der Waals surface area contributed by atoms with Gasteiger partial charge in [0.25, 0.3) is 0 Å². The summed E-state index contributed by atoms with van der Waals surface area (Å²) in [4.78, 5) is 11.4. The first kappa shape index (κ1) is 11.9. The molecule has 1 aromatic carbocycles. The zero-order valence-electron chi connectivity index (χ0n) is 11.2. The Morgan fingerprint density at radius 2 is 2.25 bits per heavy atom. The number of para-hydroxylation sites is 1. The van der Waals surface area contributed by atoms with E-state index in [0.29, 0.717) is 22.5 Å². The van der Waals surface area contributed by atoms with Crippen LogP contribution in [0.2, 0.25) is 0 Å². The fourth-order valence-electron chi connectivity index (χ4n) is 4.15. The molecule has 0 radical (unpaired) electrons. The van der Waals surface area contributed by atoms with Gasteiger partial charge in [0.05, 0.1) is 5.56 Å². The summed E-state index contributed by atoms with van der Waals surface area (Å²) in [5.41, 5.74) is 1.64. The van der Waals surface area contributed by atoms with Crippen LogP contribution in [0.1, 0.15) is 36.0 Å². The first-order chi connectivity index (χ1) is 9.72. The minimum absolute atomic E-state index is 0.302. The molecule has 2 saturated carbocycles. The van der Waals surface area contributed by atoms with Gasteiger partial charge in [-0.25, -0.2) is 9.48 Å². The number of hydrogen-bond donors (Lipinski definition) is 1. The van der Waals surface area contributed by atoms with Crippen LogP contribution < -0.4 is 0 Å². The van der Waals surface area contributed by atoms with E-state index in [1.54, 1.807) is 12.1 Å². The summed E-state index contributed by atoms with van der Waals surface area (Å²) < 4.78 is 1.81. The van der Waals surface area contributed by atoms with Gasteiger partial charge >= 0.3 is 5.97 Å². The second-order valence-electron chi connectivity index (χ2n) is 6.18. The van der Waals surface area contributed by atoms with E-state index in [9.17, 15) is 9.90 Å². The smallest absolute Gasteiger partial charge is 0.337 e. The summed E-state index contributed by atoms with van der Waals surface area (Å²) in [5, 5.41) is 17.6. The van der Waals surface area contributed by atoms with Gasteiger partial charge in [0.1, 0.15) is 11.0 Å². The molecule has 5 nitrogen and oxygen atoms in total. The van der Waals surface area contributed by atoms with Crippen molar-refractivity contribution in [2.45, 2.75) is 32.2 Å². The Kier molecular flexibility index (Phi) is 2.55. The van der Waals surface area contributed by atoms with Gasteiger partial charge in [-0.1, -0.05) is 17.7 Å². The van der Waals surface area contributed by atoms with Crippen LogP contribution in [0, 0.1) is 17.8 Å². The molecule has 3 atom stereocenters. The molecule has 2 bridgehead atoms. The molecule has 1 aromatic heterocycles. The van der Waals surface area contributed by atoms with Crippen molar-refractivity contribution in [1.29, 1.82) is 0 Å². The molecule has 0 spiro atoms. The van der Waals surface area contributed by atoms with E-state index >= 15 is 0 Å². The Morgan fingerprint density at radius 3 is 2.95 bits per heavy atom. The number of carbonyl (C=O) groups is 1. The van der Waals surface area contributed by atoms with E-state index in [0.717, 1.165) is 18.4 Å². The molecule has 2 fully saturated rings. The Bertz CT molecular complexity index is 679.